The first kappa shape index (κ1) is 17.2. The Hall–Kier alpha value is -1.88. The number of unbranched alkanes of at least 4 members (excludes halogenated alkanes) is 3. The molecule has 0 aliphatic heterocycles. The van der Waals surface area contributed by atoms with Crippen molar-refractivity contribution in [3.05, 3.63) is 35.9 Å². The first-order valence-electron chi connectivity index (χ1n) is 7.29. The van der Waals surface area contributed by atoms with Gasteiger partial charge in [0.25, 0.3) is 0 Å². The third kappa shape index (κ3) is 5.95. The van der Waals surface area contributed by atoms with Crippen LogP contribution in [0.5, 0.6) is 0 Å². The highest BCUT2D eigenvalue weighted by Gasteiger charge is 2.29. The number of nitrogens with two attached hydrogens (primary N) is 1. The molecular weight excluding hydrogens is 268 g/mol. The van der Waals surface area contributed by atoms with Gasteiger partial charge in [-0.05, 0) is 25.3 Å². The summed E-state index contributed by atoms with van der Waals surface area (Å²) >= 11 is 0. The number of carboxylic acid groups (broad SMARTS) is 1. The van der Waals surface area contributed by atoms with Gasteiger partial charge in [-0.25, -0.2) is 0 Å². The smallest absolute Gasteiger partial charge is 0.303 e. The molecule has 0 bridgehead atoms. The molecule has 4 N–H and O–H groups in total. The number of carbonyl (C=O) groups is 2. The summed E-state index contributed by atoms with van der Waals surface area (Å²) in [5, 5.41) is 11.4. The van der Waals surface area contributed by atoms with Crippen molar-refractivity contribution in [3.63, 3.8) is 0 Å². The average Bonchev–Trinajstić information content (AvgIpc) is 2.46. The predicted octanol–water partition coefficient (Wildman–Crippen LogP) is 2.01. The topological polar surface area (TPSA) is 92.4 Å². The fourth-order valence-corrected chi connectivity index (χ4v) is 2.06. The highest BCUT2D eigenvalue weighted by molar-refractivity contribution is 5.86. The number of aliphatic carboxylic acids is 1. The van der Waals surface area contributed by atoms with Crippen LogP contribution < -0.4 is 11.1 Å². The average molecular weight is 292 g/mol. The lowest BCUT2D eigenvalue weighted by atomic mass is 9.92. The second kappa shape index (κ2) is 8.42. The fourth-order valence-electron chi connectivity index (χ4n) is 2.06. The molecule has 1 rings (SSSR count). The van der Waals surface area contributed by atoms with Crippen molar-refractivity contribution >= 4 is 11.9 Å². The Morgan fingerprint density at radius 1 is 1.14 bits per heavy atom. The molecule has 5 nitrogen and oxygen atoms in total. The first-order chi connectivity index (χ1) is 9.94. The summed E-state index contributed by atoms with van der Waals surface area (Å²) in [4.78, 5) is 22.5. The second-order valence-corrected chi connectivity index (χ2v) is 5.38. The van der Waals surface area contributed by atoms with Gasteiger partial charge in [0.05, 0.1) is 0 Å². The maximum absolute atomic E-state index is 12.1. The summed E-state index contributed by atoms with van der Waals surface area (Å²) in [6.45, 7) is 2.26. The molecule has 1 unspecified atom stereocenters. The van der Waals surface area contributed by atoms with Gasteiger partial charge in [-0.15, -0.1) is 0 Å². The van der Waals surface area contributed by atoms with Crippen LogP contribution in [-0.4, -0.2) is 23.5 Å². The van der Waals surface area contributed by atoms with E-state index >= 15 is 0 Å². The van der Waals surface area contributed by atoms with Crippen molar-refractivity contribution in [1.82, 2.24) is 5.32 Å². The molecular formula is C16H24N2O3. The minimum absolute atomic E-state index is 0.195. The minimum Gasteiger partial charge on any atom is -0.481 e. The fraction of sp³-hybridized carbons (Fsp3) is 0.500. The van der Waals surface area contributed by atoms with Crippen molar-refractivity contribution in [2.45, 2.75) is 44.6 Å². The quantitative estimate of drug-likeness (QED) is 0.607. The van der Waals surface area contributed by atoms with Crippen molar-refractivity contribution in [3.8, 4) is 0 Å². The van der Waals surface area contributed by atoms with Crippen molar-refractivity contribution in [2.75, 3.05) is 6.54 Å². The molecule has 0 aromatic heterocycles. The van der Waals surface area contributed by atoms with E-state index in [1.54, 1.807) is 6.92 Å². The molecule has 1 amide bonds. The Morgan fingerprint density at radius 3 is 2.38 bits per heavy atom. The zero-order valence-corrected chi connectivity index (χ0v) is 12.5. The first-order valence-corrected chi connectivity index (χ1v) is 7.29. The molecule has 0 aliphatic carbocycles. The summed E-state index contributed by atoms with van der Waals surface area (Å²) < 4.78 is 0. The van der Waals surface area contributed by atoms with Gasteiger partial charge >= 0.3 is 5.97 Å². The summed E-state index contributed by atoms with van der Waals surface area (Å²) in [6, 6.07) is 9.28. The van der Waals surface area contributed by atoms with Crippen LogP contribution in [0.4, 0.5) is 0 Å². The summed E-state index contributed by atoms with van der Waals surface area (Å²) in [7, 11) is 0. The summed E-state index contributed by atoms with van der Waals surface area (Å²) in [6.07, 6.45) is 3.49. The van der Waals surface area contributed by atoms with E-state index in [9.17, 15) is 9.59 Å². The molecule has 1 aromatic rings. The van der Waals surface area contributed by atoms with Gasteiger partial charge in [-0.1, -0.05) is 43.2 Å². The Balaban J connectivity index is 2.26. The van der Waals surface area contributed by atoms with Gasteiger partial charge in [-0.2, -0.15) is 0 Å². The number of hydrogen-bond acceptors (Lipinski definition) is 3. The molecule has 116 valence electrons. The summed E-state index contributed by atoms with van der Waals surface area (Å²) in [5.74, 6) is -0.954. The highest BCUT2D eigenvalue weighted by atomic mass is 16.4. The Bertz CT molecular complexity index is 458. The number of hydrogen-bond donors (Lipinski definition) is 3. The van der Waals surface area contributed by atoms with Crippen LogP contribution in [0, 0.1) is 0 Å². The van der Waals surface area contributed by atoms with Crippen molar-refractivity contribution in [2.24, 2.45) is 5.73 Å². The zero-order chi connectivity index (χ0) is 15.7. The highest BCUT2D eigenvalue weighted by Crippen LogP contribution is 2.17. The van der Waals surface area contributed by atoms with Crippen molar-refractivity contribution < 1.29 is 14.7 Å². The monoisotopic (exact) mass is 292 g/mol. The van der Waals surface area contributed by atoms with Crippen molar-refractivity contribution in [1.29, 1.82) is 0 Å². The van der Waals surface area contributed by atoms with E-state index in [0.29, 0.717) is 13.0 Å². The van der Waals surface area contributed by atoms with Crippen LogP contribution in [0.15, 0.2) is 30.3 Å². The molecule has 0 spiro atoms. The van der Waals surface area contributed by atoms with E-state index in [1.807, 2.05) is 30.3 Å². The maximum atomic E-state index is 12.1. The van der Waals surface area contributed by atoms with Gasteiger partial charge in [0.1, 0.15) is 5.54 Å². The van der Waals surface area contributed by atoms with Crippen LogP contribution in [-0.2, 0) is 15.1 Å². The largest absolute Gasteiger partial charge is 0.481 e. The number of carbonyl (C=O) groups excluding carboxylic acids is 1. The summed E-state index contributed by atoms with van der Waals surface area (Å²) in [5.41, 5.74) is 5.84. The Kier molecular flexibility index (Phi) is 6.88. The molecule has 0 radical (unpaired) electrons. The molecule has 5 heteroatoms. The van der Waals surface area contributed by atoms with E-state index in [-0.39, 0.29) is 12.3 Å². The normalized spacial score (nSPS) is 13.4. The van der Waals surface area contributed by atoms with Gasteiger partial charge < -0.3 is 16.2 Å². The lowest BCUT2D eigenvalue weighted by Crippen LogP contribution is -2.49. The molecule has 1 aromatic carbocycles. The van der Waals surface area contributed by atoms with E-state index in [4.69, 9.17) is 10.8 Å². The lowest BCUT2D eigenvalue weighted by Gasteiger charge is -2.24. The molecule has 1 atom stereocenters. The van der Waals surface area contributed by atoms with Crippen LogP contribution in [0.1, 0.15) is 44.6 Å². The van der Waals surface area contributed by atoms with E-state index in [0.717, 1.165) is 24.8 Å². The Morgan fingerprint density at radius 2 is 1.76 bits per heavy atom. The molecule has 0 saturated carbocycles. The number of amides is 1. The molecule has 21 heavy (non-hydrogen) atoms. The van der Waals surface area contributed by atoms with Crippen LogP contribution in [0.25, 0.3) is 0 Å². The molecule has 0 aliphatic rings. The van der Waals surface area contributed by atoms with E-state index in [2.05, 4.69) is 5.32 Å². The second-order valence-electron chi connectivity index (χ2n) is 5.38. The third-order valence-electron chi connectivity index (χ3n) is 3.45. The number of benzene rings is 1. The van der Waals surface area contributed by atoms with E-state index < -0.39 is 11.5 Å². The predicted molar refractivity (Wildman–Crippen MR) is 81.7 cm³/mol. The van der Waals surface area contributed by atoms with Gasteiger partial charge in [0.2, 0.25) is 5.91 Å². The number of carboxylic acids is 1. The molecule has 0 heterocycles. The SMILES string of the molecule is CC(N)(C(=O)NCCCCCCC(=O)O)c1ccccc1. The molecule has 0 fully saturated rings. The maximum Gasteiger partial charge on any atom is 0.303 e. The van der Waals surface area contributed by atoms with Crippen LogP contribution in [0.3, 0.4) is 0 Å². The van der Waals surface area contributed by atoms with E-state index in [1.165, 1.54) is 0 Å². The number of nitrogens with one attached hydrogen (secondary N) is 1. The zero-order valence-electron chi connectivity index (χ0n) is 12.5. The number of rotatable bonds is 9. The Labute approximate surface area is 125 Å². The van der Waals surface area contributed by atoms with Crippen LogP contribution in [0.2, 0.25) is 0 Å². The standard InChI is InChI=1S/C16H24N2O3/c1-16(17,13-9-5-4-6-10-13)15(21)18-12-8-3-2-7-11-14(19)20/h4-6,9-10H,2-3,7-8,11-12,17H2,1H3,(H,18,21)(H,19,20). The third-order valence-corrected chi connectivity index (χ3v) is 3.45. The molecule has 0 saturated heterocycles. The van der Waals surface area contributed by atoms with Gasteiger partial charge in [0.15, 0.2) is 0 Å². The van der Waals surface area contributed by atoms with Gasteiger partial charge in [0, 0.05) is 13.0 Å². The minimum atomic E-state index is -1.04. The van der Waals surface area contributed by atoms with Gasteiger partial charge in [-0.3, -0.25) is 9.59 Å². The lowest BCUT2D eigenvalue weighted by molar-refractivity contribution is -0.137. The van der Waals surface area contributed by atoms with Crippen LogP contribution >= 0.6 is 0 Å².